The minimum absolute atomic E-state index is 0.0267. The van der Waals surface area contributed by atoms with Crippen LogP contribution in [0.3, 0.4) is 0 Å². The zero-order valence-electron chi connectivity index (χ0n) is 12.4. The highest BCUT2D eigenvalue weighted by Gasteiger charge is 2.40. The van der Waals surface area contributed by atoms with Crippen molar-refractivity contribution in [1.82, 2.24) is 14.9 Å². The van der Waals surface area contributed by atoms with Gasteiger partial charge in [-0.05, 0) is 49.0 Å². The standard InChI is InChI=1S/C14H22BrN3O2/c1-5-9-6-7-18(13(19)20-14(2,3)4)11(9)12-16-8-10(15)17-12/h8-9,11H,5-7H2,1-4H3,(H,16,17). The van der Waals surface area contributed by atoms with Gasteiger partial charge in [-0.3, -0.25) is 4.90 Å². The van der Waals surface area contributed by atoms with E-state index in [1.54, 1.807) is 11.1 Å². The Hall–Kier alpha value is -1.04. The largest absolute Gasteiger partial charge is 0.444 e. The van der Waals surface area contributed by atoms with Crippen molar-refractivity contribution in [3.8, 4) is 0 Å². The highest BCUT2D eigenvalue weighted by molar-refractivity contribution is 9.10. The fraction of sp³-hybridized carbons (Fsp3) is 0.714. The van der Waals surface area contributed by atoms with Gasteiger partial charge in [0, 0.05) is 6.54 Å². The van der Waals surface area contributed by atoms with E-state index in [0.29, 0.717) is 5.92 Å². The molecule has 0 aliphatic carbocycles. The van der Waals surface area contributed by atoms with E-state index in [1.807, 2.05) is 20.8 Å². The number of imidazole rings is 1. The summed E-state index contributed by atoms with van der Waals surface area (Å²) in [5.74, 6) is 1.24. The Morgan fingerprint density at radius 1 is 1.60 bits per heavy atom. The van der Waals surface area contributed by atoms with Gasteiger partial charge in [-0.25, -0.2) is 9.78 Å². The predicted octanol–water partition coefficient (Wildman–Crippen LogP) is 3.88. The second-order valence-corrected chi connectivity index (χ2v) is 7.05. The minimum Gasteiger partial charge on any atom is -0.444 e. The van der Waals surface area contributed by atoms with Gasteiger partial charge >= 0.3 is 6.09 Å². The normalized spacial score (nSPS) is 23.1. The van der Waals surface area contributed by atoms with Gasteiger partial charge in [-0.1, -0.05) is 13.3 Å². The molecule has 2 rings (SSSR count). The molecule has 112 valence electrons. The first-order valence-electron chi connectivity index (χ1n) is 7.02. The average Bonchev–Trinajstić information content (AvgIpc) is 2.91. The molecule has 2 heterocycles. The van der Waals surface area contributed by atoms with E-state index in [9.17, 15) is 4.79 Å². The molecule has 0 saturated carbocycles. The predicted molar refractivity (Wildman–Crippen MR) is 80.4 cm³/mol. The first-order valence-corrected chi connectivity index (χ1v) is 7.81. The molecule has 0 aromatic carbocycles. The molecule has 1 fully saturated rings. The maximum Gasteiger partial charge on any atom is 0.410 e. The summed E-state index contributed by atoms with van der Waals surface area (Å²) in [7, 11) is 0. The zero-order valence-corrected chi connectivity index (χ0v) is 14.0. The number of hydrogen-bond acceptors (Lipinski definition) is 3. The Balaban J connectivity index is 2.21. The highest BCUT2D eigenvalue weighted by Crippen LogP contribution is 2.38. The van der Waals surface area contributed by atoms with E-state index in [1.165, 1.54) is 0 Å². The number of aromatic amines is 1. The Bertz CT molecular complexity index is 481. The lowest BCUT2D eigenvalue weighted by atomic mass is 9.97. The number of carbonyl (C=O) groups excluding carboxylic acids is 1. The molecular formula is C14H22BrN3O2. The van der Waals surface area contributed by atoms with Crippen LogP contribution in [0.2, 0.25) is 0 Å². The maximum absolute atomic E-state index is 12.4. The molecule has 2 unspecified atom stereocenters. The van der Waals surface area contributed by atoms with Crippen LogP contribution < -0.4 is 0 Å². The third-order valence-electron chi connectivity index (χ3n) is 3.52. The van der Waals surface area contributed by atoms with Crippen LogP contribution in [0.15, 0.2) is 10.8 Å². The van der Waals surface area contributed by atoms with Gasteiger partial charge in [0.2, 0.25) is 0 Å². The van der Waals surface area contributed by atoms with E-state index >= 15 is 0 Å². The maximum atomic E-state index is 12.4. The molecule has 2 atom stereocenters. The molecule has 1 aliphatic rings. The van der Waals surface area contributed by atoms with Crippen molar-refractivity contribution in [3.63, 3.8) is 0 Å². The summed E-state index contributed by atoms with van der Waals surface area (Å²) >= 11 is 3.37. The first kappa shape index (κ1) is 15.4. The van der Waals surface area contributed by atoms with Crippen LogP contribution >= 0.6 is 15.9 Å². The number of nitrogens with zero attached hydrogens (tertiary/aromatic N) is 2. The molecule has 5 nitrogen and oxygen atoms in total. The molecule has 6 heteroatoms. The topological polar surface area (TPSA) is 58.2 Å². The number of nitrogens with one attached hydrogen (secondary N) is 1. The van der Waals surface area contributed by atoms with Crippen LogP contribution in [-0.2, 0) is 4.74 Å². The van der Waals surface area contributed by atoms with E-state index in [-0.39, 0.29) is 12.1 Å². The van der Waals surface area contributed by atoms with E-state index < -0.39 is 5.60 Å². The highest BCUT2D eigenvalue weighted by atomic mass is 79.9. The summed E-state index contributed by atoms with van der Waals surface area (Å²) in [5.41, 5.74) is -0.477. The number of aromatic nitrogens is 2. The Morgan fingerprint density at radius 2 is 2.30 bits per heavy atom. The van der Waals surface area contributed by atoms with E-state index in [2.05, 4.69) is 32.8 Å². The Kier molecular flexibility index (Phi) is 4.42. The van der Waals surface area contributed by atoms with Crippen LogP contribution in [0.1, 0.15) is 52.4 Å². The molecule has 1 N–H and O–H groups in total. The van der Waals surface area contributed by atoms with Gasteiger partial charge in [-0.15, -0.1) is 0 Å². The lowest BCUT2D eigenvalue weighted by Crippen LogP contribution is -2.37. The number of amides is 1. The smallest absolute Gasteiger partial charge is 0.410 e. The van der Waals surface area contributed by atoms with Crippen molar-refractivity contribution in [2.24, 2.45) is 5.92 Å². The SMILES string of the molecule is CCC1CCN(C(=O)OC(C)(C)C)C1c1ncc(Br)[nH]1. The molecule has 1 aromatic heterocycles. The lowest BCUT2D eigenvalue weighted by Gasteiger charge is -2.29. The summed E-state index contributed by atoms with van der Waals surface area (Å²) in [6.45, 7) is 8.52. The fourth-order valence-corrected chi connectivity index (χ4v) is 2.95. The third-order valence-corrected chi connectivity index (χ3v) is 3.92. The van der Waals surface area contributed by atoms with E-state index in [0.717, 1.165) is 29.8 Å². The average molecular weight is 344 g/mol. The van der Waals surface area contributed by atoms with Crippen LogP contribution in [-0.4, -0.2) is 33.1 Å². The van der Waals surface area contributed by atoms with Gasteiger partial charge in [0.25, 0.3) is 0 Å². The van der Waals surface area contributed by atoms with Crippen molar-refractivity contribution in [2.45, 2.75) is 52.2 Å². The van der Waals surface area contributed by atoms with Gasteiger partial charge < -0.3 is 9.72 Å². The van der Waals surface area contributed by atoms with E-state index in [4.69, 9.17) is 4.74 Å². The second kappa shape index (κ2) is 5.76. The Labute approximate surface area is 128 Å². The number of halogens is 1. The first-order chi connectivity index (χ1) is 9.31. The number of likely N-dealkylation sites (tertiary alicyclic amines) is 1. The zero-order chi connectivity index (χ0) is 14.9. The summed E-state index contributed by atoms with van der Waals surface area (Å²) in [4.78, 5) is 21.7. The summed E-state index contributed by atoms with van der Waals surface area (Å²) in [6, 6.07) is -0.0267. The van der Waals surface area contributed by atoms with Crippen LogP contribution in [0.25, 0.3) is 0 Å². The van der Waals surface area contributed by atoms with Crippen molar-refractivity contribution in [1.29, 1.82) is 0 Å². The quantitative estimate of drug-likeness (QED) is 0.886. The van der Waals surface area contributed by atoms with Gasteiger partial charge in [0.15, 0.2) is 0 Å². The van der Waals surface area contributed by atoms with Crippen LogP contribution in [0.4, 0.5) is 4.79 Å². The molecule has 1 aromatic rings. The number of rotatable bonds is 2. The summed E-state index contributed by atoms with van der Waals surface area (Å²) < 4.78 is 6.34. The fourth-order valence-electron chi connectivity index (χ4n) is 2.64. The number of H-pyrrole nitrogens is 1. The molecule has 1 saturated heterocycles. The number of carbonyl (C=O) groups is 1. The van der Waals surface area contributed by atoms with Gasteiger partial charge in [0.1, 0.15) is 16.0 Å². The van der Waals surface area contributed by atoms with Crippen LogP contribution in [0, 0.1) is 5.92 Å². The van der Waals surface area contributed by atoms with Crippen molar-refractivity contribution < 1.29 is 9.53 Å². The summed E-state index contributed by atoms with van der Waals surface area (Å²) in [6.07, 6.45) is 3.47. The van der Waals surface area contributed by atoms with Crippen molar-refractivity contribution in [2.75, 3.05) is 6.54 Å². The molecule has 20 heavy (non-hydrogen) atoms. The van der Waals surface area contributed by atoms with Gasteiger partial charge in [0.05, 0.1) is 12.2 Å². The molecule has 0 radical (unpaired) electrons. The Morgan fingerprint density at radius 3 is 2.80 bits per heavy atom. The monoisotopic (exact) mass is 343 g/mol. The van der Waals surface area contributed by atoms with Crippen molar-refractivity contribution in [3.05, 3.63) is 16.6 Å². The molecule has 1 amide bonds. The molecule has 0 bridgehead atoms. The molecular weight excluding hydrogens is 322 g/mol. The third kappa shape index (κ3) is 3.34. The molecule has 1 aliphatic heterocycles. The lowest BCUT2D eigenvalue weighted by molar-refractivity contribution is 0.0197. The number of ether oxygens (including phenoxy) is 1. The minimum atomic E-state index is -0.477. The second-order valence-electron chi connectivity index (χ2n) is 6.19. The summed E-state index contributed by atoms with van der Waals surface area (Å²) in [5, 5.41) is 0. The van der Waals surface area contributed by atoms with Crippen LogP contribution in [0.5, 0.6) is 0 Å². The van der Waals surface area contributed by atoms with Gasteiger partial charge in [-0.2, -0.15) is 0 Å². The van der Waals surface area contributed by atoms with Crippen molar-refractivity contribution >= 4 is 22.0 Å². The number of hydrogen-bond donors (Lipinski definition) is 1. The molecule has 0 spiro atoms.